The van der Waals surface area contributed by atoms with Crippen LogP contribution in [0.3, 0.4) is 0 Å². The van der Waals surface area contributed by atoms with Crippen LogP contribution in [0.5, 0.6) is 0 Å². The minimum atomic E-state index is -0.304. The normalized spacial score (nSPS) is 21.0. The molecule has 0 bridgehead atoms. The first-order chi connectivity index (χ1) is 5.41. The van der Waals surface area contributed by atoms with Crippen LogP contribution in [0.4, 0.5) is 0 Å². The van der Waals surface area contributed by atoms with Gasteiger partial charge in [-0.3, -0.25) is 0 Å². The van der Waals surface area contributed by atoms with Crippen molar-refractivity contribution in [3.05, 3.63) is 0 Å². The predicted molar refractivity (Wildman–Crippen MR) is 49.1 cm³/mol. The van der Waals surface area contributed by atoms with E-state index in [4.69, 9.17) is 4.74 Å². The van der Waals surface area contributed by atoms with Crippen molar-refractivity contribution in [2.45, 2.75) is 57.7 Å². The molecule has 12 heavy (non-hydrogen) atoms. The van der Waals surface area contributed by atoms with Crippen molar-refractivity contribution in [3.8, 4) is 0 Å². The van der Waals surface area contributed by atoms with E-state index in [1.807, 2.05) is 0 Å². The minimum Gasteiger partial charge on any atom is -0.390 e. The average Bonchev–Trinajstić information content (AvgIpc) is 2.60. The van der Waals surface area contributed by atoms with E-state index in [0.717, 1.165) is 32.3 Å². The van der Waals surface area contributed by atoms with Gasteiger partial charge in [0.2, 0.25) is 0 Å². The van der Waals surface area contributed by atoms with Gasteiger partial charge in [0.25, 0.3) is 0 Å². The molecule has 0 spiro atoms. The molecule has 0 atom stereocenters. The molecule has 0 aromatic heterocycles. The Labute approximate surface area is 74.9 Å². The molecule has 1 fully saturated rings. The van der Waals surface area contributed by atoms with Crippen molar-refractivity contribution in [1.29, 1.82) is 0 Å². The zero-order chi connectivity index (χ0) is 9.24. The molecule has 72 valence electrons. The molecule has 0 heterocycles. The van der Waals surface area contributed by atoms with Crippen LogP contribution in [0.1, 0.15) is 46.5 Å². The summed E-state index contributed by atoms with van der Waals surface area (Å²) in [6.07, 6.45) is 3.86. The molecule has 1 aliphatic rings. The highest BCUT2D eigenvalue weighted by molar-refractivity contribution is 4.92. The molecule has 1 N–H and O–H groups in total. The lowest BCUT2D eigenvalue weighted by Crippen LogP contribution is -2.20. The second kappa shape index (κ2) is 3.35. The summed E-state index contributed by atoms with van der Waals surface area (Å²) in [5.74, 6) is 0. The highest BCUT2D eigenvalue weighted by atomic mass is 16.5. The quantitative estimate of drug-likeness (QED) is 0.658. The van der Waals surface area contributed by atoms with Crippen LogP contribution in [-0.4, -0.2) is 22.9 Å². The minimum absolute atomic E-state index is 0.0355. The summed E-state index contributed by atoms with van der Waals surface area (Å²) in [6, 6.07) is 0. The van der Waals surface area contributed by atoms with E-state index >= 15 is 0 Å². The summed E-state index contributed by atoms with van der Waals surface area (Å²) in [5.41, 5.74) is -0.340. The zero-order valence-electron chi connectivity index (χ0n) is 8.39. The molecular formula is C10H20O2. The molecule has 2 heteroatoms. The second-order valence-corrected chi connectivity index (χ2v) is 4.79. The summed E-state index contributed by atoms with van der Waals surface area (Å²) in [5, 5.41) is 9.50. The molecule has 1 rings (SSSR count). The van der Waals surface area contributed by atoms with Gasteiger partial charge in [0, 0.05) is 6.61 Å². The maximum absolute atomic E-state index is 9.50. The molecular weight excluding hydrogens is 152 g/mol. The first-order valence-electron chi connectivity index (χ1n) is 4.78. The lowest BCUT2D eigenvalue weighted by atomic mass is 10.1. The number of rotatable bonds is 4. The fourth-order valence-corrected chi connectivity index (χ4v) is 1.17. The number of ether oxygens (including phenoxy) is 1. The number of aliphatic hydroxyl groups is 1. The predicted octanol–water partition coefficient (Wildman–Crippen LogP) is 2.11. The Morgan fingerprint density at radius 3 is 2.33 bits per heavy atom. The molecule has 0 amide bonds. The number of hydrogen-bond acceptors (Lipinski definition) is 2. The van der Waals surface area contributed by atoms with Gasteiger partial charge in [-0.25, -0.2) is 0 Å². The van der Waals surface area contributed by atoms with E-state index in [2.05, 4.69) is 20.8 Å². The van der Waals surface area contributed by atoms with Crippen molar-refractivity contribution in [2.75, 3.05) is 6.61 Å². The van der Waals surface area contributed by atoms with Crippen LogP contribution in [0.25, 0.3) is 0 Å². The van der Waals surface area contributed by atoms with Crippen molar-refractivity contribution in [1.82, 2.24) is 0 Å². The fraction of sp³-hybridized carbons (Fsp3) is 1.00. The standard InChI is InChI=1S/C10H20O2/c1-9(2,3)12-8-4-5-10(11)6-7-10/h11H,4-8H2,1-3H3. The highest BCUT2D eigenvalue weighted by Gasteiger charge is 2.39. The molecule has 0 radical (unpaired) electrons. The third-order valence-electron chi connectivity index (χ3n) is 2.15. The van der Waals surface area contributed by atoms with Gasteiger partial charge in [0.1, 0.15) is 0 Å². The molecule has 1 saturated carbocycles. The molecule has 0 aromatic rings. The Kier molecular flexibility index (Phi) is 2.79. The van der Waals surface area contributed by atoms with Crippen LogP contribution >= 0.6 is 0 Å². The maximum atomic E-state index is 9.50. The number of hydrogen-bond donors (Lipinski definition) is 1. The Balaban J connectivity index is 1.96. The molecule has 0 unspecified atom stereocenters. The SMILES string of the molecule is CC(C)(C)OCCCC1(O)CC1. The van der Waals surface area contributed by atoms with E-state index in [9.17, 15) is 5.11 Å². The fourth-order valence-electron chi connectivity index (χ4n) is 1.17. The first-order valence-corrected chi connectivity index (χ1v) is 4.78. The molecule has 0 aromatic carbocycles. The van der Waals surface area contributed by atoms with Gasteiger partial charge in [-0.15, -0.1) is 0 Å². The van der Waals surface area contributed by atoms with Crippen molar-refractivity contribution in [2.24, 2.45) is 0 Å². The van der Waals surface area contributed by atoms with E-state index < -0.39 is 0 Å². The summed E-state index contributed by atoms with van der Waals surface area (Å²) in [7, 11) is 0. The third kappa shape index (κ3) is 4.07. The van der Waals surface area contributed by atoms with Gasteiger partial charge in [0.05, 0.1) is 11.2 Å². The van der Waals surface area contributed by atoms with E-state index in [1.165, 1.54) is 0 Å². The van der Waals surface area contributed by atoms with E-state index in [0.29, 0.717) is 0 Å². The van der Waals surface area contributed by atoms with Gasteiger partial charge in [0.15, 0.2) is 0 Å². The Hall–Kier alpha value is -0.0800. The van der Waals surface area contributed by atoms with Crippen LogP contribution < -0.4 is 0 Å². The van der Waals surface area contributed by atoms with Gasteiger partial charge in [-0.05, 0) is 46.5 Å². The smallest absolute Gasteiger partial charge is 0.0650 e. The Morgan fingerprint density at radius 1 is 1.33 bits per heavy atom. The average molecular weight is 172 g/mol. The second-order valence-electron chi connectivity index (χ2n) is 4.79. The summed E-state index contributed by atoms with van der Waals surface area (Å²) in [6.45, 7) is 6.93. The summed E-state index contributed by atoms with van der Waals surface area (Å²) in [4.78, 5) is 0. The lowest BCUT2D eigenvalue weighted by molar-refractivity contribution is -0.00993. The van der Waals surface area contributed by atoms with Crippen molar-refractivity contribution in [3.63, 3.8) is 0 Å². The van der Waals surface area contributed by atoms with E-state index in [1.54, 1.807) is 0 Å². The first kappa shape index (κ1) is 10.0. The maximum Gasteiger partial charge on any atom is 0.0650 e. The van der Waals surface area contributed by atoms with Gasteiger partial charge < -0.3 is 9.84 Å². The van der Waals surface area contributed by atoms with Crippen molar-refractivity contribution >= 4 is 0 Å². The molecule has 2 nitrogen and oxygen atoms in total. The van der Waals surface area contributed by atoms with Crippen LogP contribution in [0.15, 0.2) is 0 Å². The molecule has 1 aliphatic carbocycles. The zero-order valence-corrected chi connectivity index (χ0v) is 8.39. The highest BCUT2D eigenvalue weighted by Crippen LogP contribution is 2.39. The lowest BCUT2D eigenvalue weighted by Gasteiger charge is -2.19. The summed E-state index contributed by atoms with van der Waals surface area (Å²) >= 11 is 0. The van der Waals surface area contributed by atoms with Gasteiger partial charge in [-0.1, -0.05) is 0 Å². The third-order valence-corrected chi connectivity index (χ3v) is 2.15. The van der Waals surface area contributed by atoms with Crippen molar-refractivity contribution < 1.29 is 9.84 Å². The largest absolute Gasteiger partial charge is 0.390 e. The van der Waals surface area contributed by atoms with Crippen LogP contribution in [0.2, 0.25) is 0 Å². The van der Waals surface area contributed by atoms with Crippen LogP contribution in [-0.2, 0) is 4.74 Å². The monoisotopic (exact) mass is 172 g/mol. The van der Waals surface area contributed by atoms with E-state index in [-0.39, 0.29) is 11.2 Å². The summed E-state index contributed by atoms with van der Waals surface area (Å²) < 4.78 is 5.54. The topological polar surface area (TPSA) is 29.5 Å². The van der Waals surface area contributed by atoms with Crippen LogP contribution in [0, 0.1) is 0 Å². The Morgan fingerprint density at radius 2 is 1.92 bits per heavy atom. The van der Waals surface area contributed by atoms with Gasteiger partial charge >= 0.3 is 0 Å². The molecule has 0 saturated heterocycles. The molecule has 0 aliphatic heterocycles. The van der Waals surface area contributed by atoms with Gasteiger partial charge in [-0.2, -0.15) is 0 Å². The Bertz CT molecular complexity index is 135.